The minimum Gasteiger partial charge on any atom is -0.476 e. The van der Waals surface area contributed by atoms with E-state index >= 15 is 0 Å². The van der Waals surface area contributed by atoms with E-state index in [2.05, 4.69) is 10.4 Å². The molecule has 1 aliphatic carbocycles. The maximum atomic E-state index is 12.5. The van der Waals surface area contributed by atoms with Crippen molar-refractivity contribution in [3.8, 4) is 0 Å². The zero-order valence-corrected chi connectivity index (χ0v) is 16.5. The van der Waals surface area contributed by atoms with E-state index in [0.29, 0.717) is 10.6 Å². The molecule has 0 atom stereocenters. The van der Waals surface area contributed by atoms with Gasteiger partial charge in [0.2, 0.25) is 5.91 Å². The summed E-state index contributed by atoms with van der Waals surface area (Å²) in [5.41, 5.74) is 1.44. The van der Waals surface area contributed by atoms with Crippen LogP contribution in [0.3, 0.4) is 0 Å². The van der Waals surface area contributed by atoms with E-state index in [-0.39, 0.29) is 31.2 Å². The van der Waals surface area contributed by atoms with Crippen LogP contribution in [0.4, 0.5) is 5.00 Å². The first-order valence-electron chi connectivity index (χ1n) is 9.37. The van der Waals surface area contributed by atoms with Gasteiger partial charge in [0.15, 0.2) is 5.69 Å². The summed E-state index contributed by atoms with van der Waals surface area (Å²) in [4.78, 5) is 36.9. The number of carboxylic acid groups (broad SMARTS) is 1. The number of thiophene rings is 1. The molecule has 2 aromatic rings. The highest BCUT2D eigenvalue weighted by atomic mass is 32.1. The summed E-state index contributed by atoms with van der Waals surface area (Å²) in [7, 11) is 0. The fourth-order valence-electron chi connectivity index (χ4n) is 3.26. The lowest BCUT2D eigenvalue weighted by Gasteiger charge is -2.08. The normalized spacial score (nSPS) is 13.5. The number of hydrogen-bond acceptors (Lipinski definition) is 6. The summed E-state index contributed by atoms with van der Waals surface area (Å²) in [6.07, 6.45) is 6.60. The van der Waals surface area contributed by atoms with Crippen LogP contribution < -0.4 is 5.32 Å². The average molecular weight is 405 g/mol. The first kappa shape index (κ1) is 20.1. The van der Waals surface area contributed by atoms with Crippen molar-refractivity contribution in [1.29, 1.82) is 0 Å². The molecule has 1 aliphatic rings. The topological polar surface area (TPSA) is 111 Å². The smallest absolute Gasteiger partial charge is 0.356 e. The molecule has 8 nitrogen and oxygen atoms in total. The van der Waals surface area contributed by atoms with Gasteiger partial charge in [0, 0.05) is 24.0 Å². The van der Waals surface area contributed by atoms with E-state index in [1.54, 1.807) is 6.92 Å². The maximum Gasteiger partial charge on any atom is 0.356 e. The van der Waals surface area contributed by atoms with E-state index in [1.165, 1.54) is 28.3 Å². The monoisotopic (exact) mass is 405 g/mol. The Morgan fingerprint density at radius 1 is 1.29 bits per heavy atom. The number of carbonyl (C=O) groups excluding carboxylic acids is 2. The number of rotatable bonds is 7. The Labute approximate surface area is 166 Å². The summed E-state index contributed by atoms with van der Waals surface area (Å²) in [6, 6.07) is 1.38. The fourth-order valence-corrected chi connectivity index (χ4v) is 4.55. The molecule has 150 valence electrons. The molecule has 1 amide bonds. The standard InChI is InChI=1S/C19H23N3O5S/c1-2-27-19(26)16-12-6-4-3-5-7-14(12)28-17(16)20-15(23)9-11-22-10-8-13(21-22)18(24)25/h8,10H,2-7,9,11H2,1H3,(H,20,23)(H,24,25). The van der Waals surface area contributed by atoms with E-state index in [4.69, 9.17) is 9.84 Å². The van der Waals surface area contributed by atoms with Crippen LogP contribution in [-0.4, -0.2) is 39.3 Å². The highest BCUT2D eigenvalue weighted by molar-refractivity contribution is 7.17. The predicted molar refractivity (Wildman–Crippen MR) is 104 cm³/mol. The van der Waals surface area contributed by atoms with Crippen molar-refractivity contribution in [3.63, 3.8) is 0 Å². The van der Waals surface area contributed by atoms with E-state index in [9.17, 15) is 14.4 Å². The van der Waals surface area contributed by atoms with Crippen LogP contribution in [0.15, 0.2) is 12.3 Å². The van der Waals surface area contributed by atoms with Crippen molar-refractivity contribution < 1.29 is 24.2 Å². The summed E-state index contributed by atoms with van der Waals surface area (Å²) in [5.74, 6) is -1.76. The van der Waals surface area contributed by atoms with Crippen LogP contribution in [0.2, 0.25) is 0 Å². The number of hydrogen-bond donors (Lipinski definition) is 2. The van der Waals surface area contributed by atoms with Crippen LogP contribution in [0, 0.1) is 0 Å². The number of aromatic nitrogens is 2. The zero-order chi connectivity index (χ0) is 20.1. The molecule has 0 fully saturated rings. The van der Waals surface area contributed by atoms with Gasteiger partial charge in [-0.25, -0.2) is 9.59 Å². The predicted octanol–water partition coefficient (Wildman–Crippen LogP) is 3.12. The molecule has 28 heavy (non-hydrogen) atoms. The molecule has 0 spiro atoms. The third-order valence-corrected chi connectivity index (χ3v) is 5.79. The van der Waals surface area contributed by atoms with Crippen molar-refractivity contribution >= 4 is 34.2 Å². The van der Waals surface area contributed by atoms with Gasteiger partial charge in [0.1, 0.15) is 5.00 Å². The molecule has 2 aromatic heterocycles. The van der Waals surface area contributed by atoms with Gasteiger partial charge in [-0.2, -0.15) is 5.10 Å². The number of amides is 1. The number of nitrogens with one attached hydrogen (secondary N) is 1. The van der Waals surface area contributed by atoms with Crippen LogP contribution in [0.5, 0.6) is 0 Å². The van der Waals surface area contributed by atoms with Crippen molar-refractivity contribution in [2.24, 2.45) is 0 Å². The van der Waals surface area contributed by atoms with Gasteiger partial charge in [-0.05, 0) is 44.2 Å². The third kappa shape index (κ3) is 4.59. The Hall–Kier alpha value is -2.68. The van der Waals surface area contributed by atoms with Crippen molar-refractivity contribution in [1.82, 2.24) is 9.78 Å². The number of aryl methyl sites for hydroxylation is 2. The average Bonchev–Trinajstić information content (AvgIpc) is 3.19. The van der Waals surface area contributed by atoms with E-state index < -0.39 is 11.9 Å². The Bertz CT molecular complexity index is 886. The second kappa shape index (κ2) is 9.01. The van der Waals surface area contributed by atoms with Gasteiger partial charge in [0.05, 0.1) is 12.2 Å². The Kier molecular flexibility index (Phi) is 6.45. The van der Waals surface area contributed by atoms with Crippen LogP contribution >= 0.6 is 11.3 Å². The second-order valence-electron chi connectivity index (χ2n) is 6.56. The molecule has 2 N–H and O–H groups in total. The molecule has 0 radical (unpaired) electrons. The van der Waals surface area contributed by atoms with Gasteiger partial charge in [-0.1, -0.05) is 6.42 Å². The van der Waals surface area contributed by atoms with Gasteiger partial charge in [-0.15, -0.1) is 11.3 Å². The summed E-state index contributed by atoms with van der Waals surface area (Å²) in [6.45, 7) is 2.29. The highest BCUT2D eigenvalue weighted by Crippen LogP contribution is 2.38. The number of aromatic carboxylic acids is 1. The Morgan fingerprint density at radius 3 is 2.79 bits per heavy atom. The van der Waals surface area contributed by atoms with E-state index in [1.807, 2.05) is 0 Å². The number of carboxylic acids is 1. The molecule has 0 aliphatic heterocycles. The lowest BCUT2D eigenvalue weighted by molar-refractivity contribution is -0.116. The minimum absolute atomic E-state index is 0.0630. The minimum atomic E-state index is -1.11. The van der Waals surface area contributed by atoms with E-state index in [0.717, 1.165) is 42.5 Å². The van der Waals surface area contributed by atoms with Gasteiger partial charge in [0.25, 0.3) is 0 Å². The number of fused-ring (bicyclic) bond motifs is 1. The summed E-state index contributed by atoms with van der Waals surface area (Å²) >= 11 is 1.45. The zero-order valence-electron chi connectivity index (χ0n) is 15.7. The summed E-state index contributed by atoms with van der Waals surface area (Å²) in [5, 5.41) is 16.2. The van der Waals surface area contributed by atoms with Crippen molar-refractivity contribution in [2.75, 3.05) is 11.9 Å². The molecule has 0 saturated carbocycles. The molecule has 0 saturated heterocycles. The molecule has 0 bridgehead atoms. The second-order valence-corrected chi connectivity index (χ2v) is 7.66. The Morgan fingerprint density at radius 2 is 2.07 bits per heavy atom. The molecule has 0 aromatic carbocycles. The van der Waals surface area contributed by atoms with Crippen molar-refractivity contribution in [2.45, 2.75) is 52.0 Å². The van der Waals surface area contributed by atoms with Gasteiger partial charge < -0.3 is 15.2 Å². The lowest BCUT2D eigenvalue weighted by Crippen LogP contribution is -2.17. The van der Waals surface area contributed by atoms with Gasteiger partial charge >= 0.3 is 11.9 Å². The largest absolute Gasteiger partial charge is 0.476 e. The lowest BCUT2D eigenvalue weighted by atomic mass is 10.1. The van der Waals surface area contributed by atoms with Crippen LogP contribution in [0.25, 0.3) is 0 Å². The number of anilines is 1. The number of ether oxygens (including phenoxy) is 1. The Balaban J connectivity index is 1.72. The van der Waals surface area contributed by atoms with Gasteiger partial charge in [-0.3, -0.25) is 9.48 Å². The molecule has 2 heterocycles. The molecule has 0 unspecified atom stereocenters. The SMILES string of the molecule is CCOC(=O)c1c(NC(=O)CCn2ccc(C(=O)O)n2)sc2c1CCCCC2. The van der Waals surface area contributed by atoms with Crippen LogP contribution in [-0.2, 0) is 28.9 Å². The first-order valence-corrected chi connectivity index (χ1v) is 10.2. The van der Waals surface area contributed by atoms with Crippen molar-refractivity contribution in [3.05, 3.63) is 34.0 Å². The maximum absolute atomic E-state index is 12.5. The fraction of sp³-hybridized carbons (Fsp3) is 0.474. The number of carbonyl (C=O) groups is 3. The first-order chi connectivity index (χ1) is 13.5. The summed E-state index contributed by atoms with van der Waals surface area (Å²) < 4.78 is 6.63. The third-order valence-electron chi connectivity index (χ3n) is 4.58. The highest BCUT2D eigenvalue weighted by Gasteiger charge is 2.26. The molecular formula is C19H23N3O5S. The quantitative estimate of drug-likeness (QED) is 0.541. The molecule has 9 heteroatoms. The number of esters is 1. The number of nitrogens with zero attached hydrogens (tertiary/aromatic N) is 2. The molecule has 3 rings (SSSR count). The van der Waals surface area contributed by atoms with Crippen LogP contribution in [0.1, 0.15) is 63.9 Å². The molecular weight excluding hydrogens is 382 g/mol.